The molecule has 1 heterocycles. The average molecular weight is 221 g/mol. The number of ether oxygens (including phenoxy) is 2. The van der Waals surface area contributed by atoms with E-state index in [4.69, 9.17) is 4.74 Å². The number of hydrogen-bond acceptors (Lipinski definition) is 4. The van der Waals surface area contributed by atoms with Crippen molar-refractivity contribution in [1.29, 1.82) is 0 Å². The number of benzene rings is 1. The lowest BCUT2D eigenvalue weighted by atomic mass is 10.1. The molecule has 0 saturated heterocycles. The Balaban J connectivity index is 2.44. The van der Waals surface area contributed by atoms with Crippen molar-refractivity contribution >= 4 is 17.6 Å². The zero-order valence-electron chi connectivity index (χ0n) is 9.02. The van der Waals surface area contributed by atoms with Gasteiger partial charge in [0, 0.05) is 7.05 Å². The summed E-state index contributed by atoms with van der Waals surface area (Å²) in [6.07, 6.45) is 0. The average Bonchev–Trinajstić information content (AvgIpc) is 2.32. The van der Waals surface area contributed by atoms with Crippen molar-refractivity contribution in [1.82, 2.24) is 0 Å². The summed E-state index contributed by atoms with van der Waals surface area (Å²) in [6, 6.07) is 4.84. The number of esters is 1. The Morgan fingerprint density at radius 2 is 2.25 bits per heavy atom. The highest BCUT2D eigenvalue weighted by molar-refractivity contribution is 5.99. The van der Waals surface area contributed by atoms with E-state index in [0.717, 1.165) is 0 Å². The van der Waals surface area contributed by atoms with Crippen molar-refractivity contribution in [3.63, 3.8) is 0 Å². The van der Waals surface area contributed by atoms with E-state index < -0.39 is 5.97 Å². The van der Waals surface area contributed by atoms with Crippen LogP contribution < -0.4 is 9.64 Å². The number of methoxy groups -OCH3 is 1. The van der Waals surface area contributed by atoms with Gasteiger partial charge < -0.3 is 14.4 Å². The van der Waals surface area contributed by atoms with Crippen LogP contribution in [0.2, 0.25) is 0 Å². The Bertz CT molecular complexity index is 455. The van der Waals surface area contributed by atoms with E-state index >= 15 is 0 Å². The Morgan fingerprint density at radius 1 is 1.50 bits per heavy atom. The lowest BCUT2D eigenvalue weighted by Crippen LogP contribution is -2.35. The number of carbonyl (C=O) groups excluding carboxylic acids is 2. The van der Waals surface area contributed by atoms with Crippen molar-refractivity contribution < 1.29 is 19.1 Å². The van der Waals surface area contributed by atoms with E-state index in [-0.39, 0.29) is 12.5 Å². The van der Waals surface area contributed by atoms with Crippen molar-refractivity contribution in [3.05, 3.63) is 23.8 Å². The third kappa shape index (κ3) is 1.60. The van der Waals surface area contributed by atoms with Crippen LogP contribution in [0.5, 0.6) is 5.75 Å². The van der Waals surface area contributed by atoms with Gasteiger partial charge in [0.15, 0.2) is 6.61 Å². The normalized spacial score (nSPS) is 14.1. The molecule has 1 aromatic rings. The van der Waals surface area contributed by atoms with Crippen molar-refractivity contribution in [2.24, 2.45) is 0 Å². The Labute approximate surface area is 92.6 Å². The predicted molar refractivity (Wildman–Crippen MR) is 56.7 cm³/mol. The van der Waals surface area contributed by atoms with E-state index in [1.807, 2.05) is 0 Å². The number of nitrogens with zero attached hydrogens (tertiary/aromatic N) is 1. The third-order valence-corrected chi connectivity index (χ3v) is 2.47. The van der Waals surface area contributed by atoms with Gasteiger partial charge in [-0.05, 0) is 18.2 Å². The molecule has 0 saturated carbocycles. The van der Waals surface area contributed by atoms with Gasteiger partial charge in [-0.1, -0.05) is 0 Å². The van der Waals surface area contributed by atoms with Crippen LogP contribution in [0.15, 0.2) is 18.2 Å². The molecule has 1 aromatic carbocycles. The SMILES string of the molecule is COC(=O)c1ccc2c(c1)N(C)C(=O)CO2. The molecular formula is C11H11NO4. The van der Waals surface area contributed by atoms with Gasteiger partial charge in [0.25, 0.3) is 5.91 Å². The van der Waals surface area contributed by atoms with Crippen molar-refractivity contribution in [2.75, 3.05) is 25.7 Å². The summed E-state index contributed by atoms with van der Waals surface area (Å²) in [5.74, 6) is 0.0125. The van der Waals surface area contributed by atoms with Gasteiger partial charge in [-0.2, -0.15) is 0 Å². The molecule has 1 amide bonds. The van der Waals surface area contributed by atoms with E-state index in [1.165, 1.54) is 12.0 Å². The molecule has 0 N–H and O–H groups in total. The van der Waals surface area contributed by atoms with Crippen LogP contribution in [0.3, 0.4) is 0 Å². The lowest BCUT2D eigenvalue weighted by Gasteiger charge is -2.26. The molecule has 0 radical (unpaired) electrons. The van der Waals surface area contributed by atoms with Crippen molar-refractivity contribution in [2.45, 2.75) is 0 Å². The fraction of sp³-hybridized carbons (Fsp3) is 0.273. The van der Waals surface area contributed by atoms with Gasteiger partial charge in [0.05, 0.1) is 18.4 Å². The smallest absolute Gasteiger partial charge is 0.337 e. The first-order valence-corrected chi connectivity index (χ1v) is 4.75. The van der Waals surface area contributed by atoms with Crippen LogP contribution in [0.1, 0.15) is 10.4 Å². The summed E-state index contributed by atoms with van der Waals surface area (Å²) < 4.78 is 9.84. The highest BCUT2D eigenvalue weighted by Gasteiger charge is 2.23. The Hall–Kier alpha value is -2.04. The van der Waals surface area contributed by atoms with Crippen LogP contribution in [-0.2, 0) is 9.53 Å². The van der Waals surface area contributed by atoms with E-state index in [0.29, 0.717) is 17.0 Å². The number of anilines is 1. The number of hydrogen-bond donors (Lipinski definition) is 0. The zero-order chi connectivity index (χ0) is 11.7. The fourth-order valence-electron chi connectivity index (χ4n) is 1.52. The summed E-state index contributed by atoms with van der Waals surface area (Å²) in [7, 11) is 2.96. The molecule has 0 aliphatic carbocycles. The molecule has 16 heavy (non-hydrogen) atoms. The molecule has 0 fully saturated rings. The second-order valence-electron chi connectivity index (χ2n) is 3.42. The summed E-state index contributed by atoms with van der Waals surface area (Å²) in [6.45, 7) is 0.0288. The summed E-state index contributed by atoms with van der Waals surface area (Å²) in [4.78, 5) is 24.2. The maximum atomic E-state index is 11.4. The fourth-order valence-corrected chi connectivity index (χ4v) is 1.52. The van der Waals surface area contributed by atoms with Gasteiger partial charge >= 0.3 is 5.97 Å². The summed E-state index contributed by atoms with van der Waals surface area (Å²) in [5.41, 5.74) is 0.977. The molecule has 0 aromatic heterocycles. The van der Waals surface area contributed by atoms with Crippen LogP contribution in [0.4, 0.5) is 5.69 Å². The van der Waals surface area contributed by atoms with Crippen LogP contribution in [-0.4, -0.2) is 32.6 Å². The number of fused-ring (bicyclic) bond motifs is 1. The quantitative estimate of drug-likeness (QED) is 0.659. The highest BCUT2D eigenvalue weighted by atomic mass is 16.5. The molecule has 0 unspecified atom stereocenters. The van der Waals surface area contributed by atoms with Crippen LogP contribution >= 0.6 is 0 Å². The van der Waals surface area contributed by atoms with Gasteiger partial charge in [0.1, 0.15) is 5.75 Å². The maximum Gasteiger partial charge on any atom is 0.337 e. The second kappa shape index (κ2) is 3.84. The minimum Gasteiger partial charge on any atom is -0.482 e. The molecule has 2 rings (SSSR count). The molecular weight excluding hydrogens is 210 g/mol. The maximum absolute atomic E-state index is 11.4. The first kappa shape index (κ1) is 10.5. The minimum absolute atomic E-state index is 0.0288. The number of amides is 1. The molecule has 5 nitrogen and oxygen atoms in total. The molecule has 1 aliphatic rings. The van der Waals surface area contributed by atoms with Gasteiger partial charge in [0.2, 0.25) is 0 Å². The van der Waals surface area contributed by atoms with Gasteiger partial charge in [-0.25, -0.2) is 4.79 Å². The van der Waals surface area contributed by atoms with E-state index in [2.05, 4.69) is 4.74 Å². The van der Waals surface area contributed by atoms with Crippen molar-refractivity contribution in [3.8, 4) is 5.75 Å². The Kier molecular flexibility index (Phi) is 2.52. The molecule has 0 spiro atoms. The summed E-state index contributed by atoms with van der Waals surface area (Å²) >= 11 is 0. The second-order valence-corrected chi connectivity index (χ2v) is 3.42. The minimum atomic E-state index is -0.436. The third-order valence-electron chi connectivity index (χ3n) is 2.47. The van der Waals surface area contributed by atoms with Crippen LogP contribution in [0, 0.1) is 0 Å². The van der Waals surface area contributed by atoms with Gasteiger partial charge in [-0.3, -0.25) is 4.79 Å². The standard InChI is InChI=1S/C11H11NO4/c1-12-8-5-7(11(14)15-2)3-4-9(8)16-6-10(12)13/h3-5H,6H2,1-2H3. The van der Waals surface area contributed by atoms with E-state index in [1.54, 1.807) is 25.2 Å². The monoisotopic (exact) mass is 221 g/mol. The first-order valence-electron chi connectivity index (χ1n) is 4.75. The van der Waals surface area contributed by atoms with Gasteiger partial charge in [-0.15, -0.1) is 0 Å². The molecule has 0 atom stereocenters. The molecule has 5 heteroatoms. The number of rotatable bonds is 1. The first-order chi connectivity index (χ1) is 7.63. The molecule has 84 valence electrons. The lowest BCUT2D eigenvalue weighted by molar-refractivity contribution is -0.120. The molecule has 0 bridgehead atoms. The van der Waals surface area contributed by atoms with Crippen LogP contribution in [0.25, 0.3) is 0 Å². The number of likely N-dealkylation sites (N-methyl/N-ethyl adjacent to an activating group) is 1. The predicted octanol–water partition coefficient (Wildman–Crippen LogP) is 0.828. The largest absolute Gasteiger partial charge is 0.482 e. The summed E-state index contributed by atoms with van der Waals surface area (Å²) in [5, 5.41) is 0. The highest BCUT2D eigenvalue weighted by Crippen LogP contribution is 2.31. The Morgan fingerprint density at radius 3 is 2.94 bits per heavy atom. The number of carbonyl (C=O) groups is 2. The topological polar surface area (TPSA) is 55.8 Å². The van der Waals surface area contributed by atoms with E-state index in [9.17, 15) is 9.59 Å². The zero-order valence-corrected chi connectivity index (χ0v) is 9.02. The molecule has 1 aliphatic heterocycles.